The predicted molar refractivity (Wildman–Crippen MR) is 89.7 cm³/mol. The number of likely N-dealkylation sites (tertiary alicyclic amines) is 1. The summed E-state index contributed by atoms with van der Waals surface area (Å²) in [5.74, 6) is 1.94. The highest BCUT2D eigenvalue weighted by molar-refractivity contribution is 5.84. The van der Waals surface area contributed by atoms with E-state index in [2.05, 4.69) is 30.9 Å². The summed E-state index contributed by atoms with van der Waals surface area (Å²) in [7, 11) is 0. The van der Waals surface area contributed by atoms with Crippen molar-refractivity contribution in [2.45, 2.75) is 39.0 Å². The summed E-state index contributed by atoms with van der Waals surface area (Å²) in [6.07, 6.45) is 3.88. The minimum atomic E-state index is 0.0294. The summed E-state index contributed by atoms with van der Waals surface area (Å²) in [4.78, 5) is 2.50. The molecule has 3 nitrogen and oxygen atoms in total. The molecule has 2 rings (SSSR count). The lowest BCUT2D eigenvalue weighted by molar-refractivity contribution is 0.269. The van der Waals surface area contributed by atoms with Crippen LogP contribution in [0.1, 0.15) is 44.6 Å². The Hall–Kier alpha value is -1.35. The first kappa shape index (κ1) is 16.0. The molecule has 3 heteroatoms. The molecule has 1 fully saturated rings. The van der Waals surface area contributed by atoms with Gasteiger partial charge in [-0.2, -0.15) is 0 Å². The number of hydrogen-bond acceptors (Lipinski definition) is 2. The van der Waals surface area contributed by atoms with Crippen molar-refractivity contribution in [1.82, 2.24) is 4.90 Å². The minimum Gasteiger partial charge on any atom is -0.387 e. The summed E-state index contributed by atoms with van der Waals surface area (Å²) >= 11 is 0. The molecular weight excluding hydrogens is 258 g/mol. The molecule has 1 aliphatic heterocycles. The standard InChI is InChI=1S/C18H29N3/c1-14(2)15-9-6-11-21(12-10-15)13-17(18(19)20)16-7-4-3-5-8-16/h3-5,7-8,14-15,17H,6,9-13H2,1-2H3,(H3,19,20). The zero-order valence-electron chi connectivity index (χ0n) is 13.4. The third-order valence-corrected chi connectivity index (χ3v) is 4.83. The van der Waals surface area contributed by atoms with Crippen LogP contribution in [0.25, 0.3) is 0 Å². The highest BCUT2D eigenvalue weighted by atomic mass is 15.1. The van der Waals surface area contributed by atoms with E-state index < -0.39 is 0 Å². The first-order chi connectivity index (χ1) is 10.1. The maximum Gasteiger partial charge on any atom is 0.0995 e. The Labute approximate surface area is 129 Å². The zero-order chi connectivity index (χ0) is 15.2. The molecule has 3 N–H and O–H groups in total. The Morgan fingerprint density at radius 2 is 1.95 bits per heavy atom. The van der Waals surface area contributed by atoms with Crippen LogP contribution in [-0.4, -0.2) is 30.4 Å². The normalized spacial score (nSPS) is 22.0. The van der Waals surface area contributed by atoms with E-state index in [9.17, 15) is 0 Å². The van der Waals surface area contributed by atoms with E-state index in [0.717, 1.165) is 37.0 Å². The first-order valence-corrected chi connectivity index (χ1v) is 8.19. The Morgan fingerprint density at radius 3 is 2.57 bits per heavy atom. The number of amidine groups is 1. The molecule has 0 aliphatic carbocycles. The molecule has 1 saturated heterocycles. The quantitative estimate of drug-likeness (QED) is 0.643. The maximum atomic E-state index is 7.92. The van der Waals surface area contributed by atoms with Gasteiger partial charge in [0.2, 0.25) is 0 Å². The Kier molecular flexibility index (Phi) is 5.80. The van der Waals surface area contributed by atoms with Gasteiger partial charge in [0.15, 0.2) is 0 Å². The molecule has 0 radical (unpaired) electrons. The van der Waals surface area contributed by atoms with Crippen LogP contribution in [0.4, 0.5) is 0 Å². The van der Waals surface area contributed by atoms with E-state index in [0.29, 0.717) is 0 Å². The Morgan fingerprint density at radius 1 is 1.24 bits per heavy atom. The van der Waals surface area contributed by atoms with Gasteiger partial charge in [-0.15, -0.1) is 0 Å². The van der Waals surface area contributed by atoms with Crippen molar-refractivity contribution in [2.24, 2.45) is 17.6 Å². The monoisotopic (exact) mass is 287 g/mol. The van der Waals surface area contributed by atoms with Crippen LogP contribution in [0, 0.1) is 17.2 Å². The third-order valence-electron chi connectivity index (χ3n) is 4.83. The summed E-state index contributed by atoms with van der Waals surface area (Å²) in [6.45, 7) is 7.83. The van der Waals surface area contributed by atoms with Crippen molar-refractivity contribution in [1.29, 1.82) is 5.41 Å². The van der Waals surface area contributed by atoms with Gasteiger partial charge in [-0.05, 0) is 49.8 Å². The van der Waals surface area contributed by atoms with Gasteiger partial charge in [-0.25, -0.2) is 0 Å². The van der Waals surface area contributed by atoms with Gasteiger partial charge in [-0.3, -0.25) is 5.41 Å². The molecule has 0 aromatic heterocycles. The van der Waals surface area contributed by atoms with E-state index in [1.165, 1.54) is 19.3 Å². The van der Waals surface area contributed by atoms with Gasteiger partial charge in [0.05, 0.1) is 11.8 Å². The van der Waals surface area contributed by atoms with Crippen molar-refractivity contribution in [3.8, 4) is 0 Å². The van der Waals surface area contributed by atoms with Crippen LogP contribution < -0.4 is 5.73 Å². The summed E-state index contributed by atoms with van der Waals surface area (Å²) < 4.78 is 0. The third kappa shape index (κ3) is 4.57. The van der Waals surface area contributed by atoms with Crippen LogP contribution in [0.3, 0.4) is 0 Å². The lowest BCUT2D eigenvalue weighted by Gasteiger charge is -2.26. The predicted octanol–water partition coefficient (Wildman–Crippen LogP) is 3.46. The Balaban J connectivity index is 2.00. The smallest absolute Gasteiger partial charge is 0.0995 e. The van der Waals surface area contributed by atoms with E-state index in [4.69, 9.17) is 11.1 Å². The van der Waals surface area contributed by atoms with Gasteiger partial charge in [0.1, 0.15) is 0 Å². The molecule has 1 aromatic carbocycles. The molecule has 2 unspecified atom stereocenters. The average Bonchev–Trinajstić information content (AvgIpc) is 2.71. The van der Waals surface area contributed by atoms with Gasteiger partial charge in [0.25, 0.3) is 0 Å². The fourth-order valence-corrected chi connectivity index (χ4v) is 3.36. The molecule has 1 aliphatic rings. The van der Waals surface area contributed by atoms with Crippen molar-refractivity contribution < 1.29 is 0 Å². The van der Waals surface area contributed by atoms with Gasteiger partial charge >= 0.3 is 0 Å². The molecule has 21 heavy (non-hydrogen) atoms. The molecule has 1 aromatic rings. The second-order valence-electron chi connectivity index (χ2n) is 6.65. The second kappa shape index (κ2) is 7.60. The molecule has 0 spiro atoms. The molecule has 116 valence electrons. The van der Waals surface area contributed by atoms with Gasteiger partial charge in [-0.1, -0.05) is 44.2 Å². The maximum absolute atomic E-state index is 7.92. The topological polar surface area (TPSA) is 53.1 Å². The number of hydrogen-bond donors (Lipinski definition) is 2. The largest absolute Gasteiger partial charge is 0.387 e. The van der Waals surface area contributed by atoms with Gasteiger partial charge < -0.3 is 10.6 Å². The Bertz CT molecular complexity index is 441. The molecule has 2 atom stereocenters. The second-order valence-corrected chi connectivity index (χ2v) is 6.65. The molecule has 1 heterocycles. The molecular formula is C18H29N3. The van der Waals surface area contributed by atoms with Crippen LogP contribution in [-0.2, 0) is 0 Å². The molecule has 0 bridgehead atoms. The number of benzene rings is 1. The van der Waals surface area contributed by atoms with Crippen LogP contribution in [0.5, 0.6) is 0 Å². The van der Waals surface area contributed by atoms with Crippen molar-refractivity contribution in [2.75, 3.05) is 19.6 Å². The first-order valence-electron chi connectivity index (χ1n) is 8.19. The highest BCUT2D eigenvalue weighted by Crippen LogP contribution is 2.26. The highest BCUT2D eigenvalue weighted by Gasteiger charge is 2.23. The fraction of sp³-hybridized carbons (Fsp3) is 0.611. The zero-order valence-corrected chi connectivity index (χ0v) is 13.4. The van der Waals surface area contributed by atoms with Crippen molar-refractivity contribution in [3.05, 3.63) is 35.9 Å². The summed E-state index contributed by atoms with van der Waals surface area (Å²) in [6, 6.07) is 10.2. The number of nitrogens with zero attached hydrogens (tertiary/aromatic N) is 1. The van der Waals surface area contributed by atoms with Crippen LogP contribution >= 0.6 is 0 Å². The van der Waals surface area contributed by atoms with E-state index >= 15 is 0 Å². The van der Waals surface area contributed by atoms with E-state index in [-0.39, 0.29) is 11.8 Å². The number of nitrogens with two attached hydrogens (primary N) is 1. The lowest BCUT2D eigenvalue weighted by atomic mass is 9.89. The average molecular weight is 287 g/mol. The molecule has 0 amide bonds. The number of nitrogens with one attached hydrogen (secondary N) is 1. The van der Waals surface area contributed by atoms with Crippen LogP contribution in [0.2, 0.25) is 0 Å². The SMILES string of the molecule is CC(C)C1CCCN(CC(C(=N)N)c2ccccc2)CC1. The summed E-state index contributed by atoms with van der Waals surface area (Å²) in [5.41, 5.74) is 7.02. The van der Waals surface area contributed by atoms with Gasteiger partial charge in [0, 0.05) is 6.54 Å². The lowest BCUT2D eigenvalue weighted by Crippen LogP contribution is -2.35. The van der Waals surface area contributed by atoms with Crippen molar-refractivity contribution >= 4 is 5.84 Å². The van der Waals surface area contributed by atoms with Crippen LogP contribution in [0.15, 0.2) is 30.3 Å². The number of rotatable bonds is 5. The molecule has 0 saturated carbocycles. The summed E-state index contributed by atoms with van der Waals surface area (Å²) in [5, 5.41) is 7.92. The van der Waals surface area contributed by atoms with E-state index in [1.807, 2.05) is 18.2 Å². The minimum absolute atomic E-state index is 0.0294. The van der Waals surface area contributed by atoms with E-state index in [1.54, 1.807) is 0 Å². The fourth-order valence-electron chi connectivity index (χ4n) is 3.36. The van der Waals surface area contributed by atoms with Crippen molar-refractivity contribution in [3.63, 3.8) is 0 Å².